The minimum absolute atomic E-state index is 0.171. The fraction of sp³-hybridized carbons (Fsp3) is 0. The van der Waals surface area contributed by atoms with Gasteiger partial charge in [0.1, 0.15) is 10.7 Å². The van der Waals surface area contributed by atoms with Crippen LogP contribution >= 0.6 is 0 Å². The van der Waals surface area contributed by atoms with Crippen molar-refractivity contribution in [1.29, 1.82) is 0 Å². The molecular formula is C9H10N4O2S. The smallest absolute Gasteiger partial charge is 0.263 e. The van der Waals surface area contributed by atoms with Crippen molar-refractivity contribution in [1.82, 2.24) is 9.97 Å². The Bertz CT molecular complexity index is 560. The van der Waals surface area contributed by atoms with Gasteiger partial charge in [0.05, 0.1) is 11.9 Å². The van der Waals surface area contributed by atoms with Crippen molar-refractivity contribution >= 4 is 21.5 Å². The van der Waals surface area contributed by atoms with Gasteiger partial charge in [0.15, 0.2) is 0 Å². The third-order valence-electron chi connectivity index (χ3n) is 1.92. The van der Waals surface area contributed by atoms with Gasteiger partial charge in [-0.2, -0.15) is 0 Å². The molecule has 0 aliphatic rings. The highest BCUT2D eigenvalue weighted by Crippen LogP contribution is 2.14. The summed E-state index contributed by atoms with van der Waals surface area (Å²) in [5.74, 6) is 0.338. The van der Waals surface area contributed by atoms with Crippen LogP contribution in [-0.4, -0.2) is 18.4 Å². The van der Waals surface area contributed by atoms with Crippen molar-refractivity contribution in [3.05, 3.63) is 36.8 Å². The Morgan fingerprint density at radius 2 is 2.12 bits per heavy atom. The summed E-state index contributed by atoms with van der Waals surface area (Å²) in [5, 5.41) is 0. The van der Waals surface area contributed by atoms with Crippen LogP contribution in [0.15, 0.2) is 41.7 Å². The van der Waals surface area contributed by atoms with E-state index in [0.717, 1.165) is 0 Å². The summed E-state index contributed by atoms with van der Waals surface area (Å²) >= 11 is 0. The summed E-state index contributed by atoms with van der Waals surface area (Å²) in [6.07, 6.45) is 4.29. The van der Waals surface area contributed by atoms with Crippen LogP contribution in [0.1, 0.15) is 0 Å². The summed E-state index contributed by atoms with van der Waals surface area (Å²) in [5.41, 5.74) is 5.76. The van der Waals surface area contributed by atoms with E-state index in [1.165, 1.54) is 30.7 Å². The standard InChI is InChI=1S/C9H10N4O2S/c10-9-2-1-7(5-12-9)13-16(14,15)8-3-4-11-6-8/h1-6,11,13H,(H2,10,12). The molecule has 0 aromatic carbocycles. The summed E-state index contributed by atoms with van der Waals surface area (Å²) in [6, 6.07) is 4.54. The normalized spacial score (nSPS) is 11.2. The van der Waals surface area contributed by atoms with Crippen LogP contribution in [-0.2, 0) is 10.0 Å². The summed E-state index contributed by atoms with van der Waals surface area (Å²) < 4.78 is 25.9. The number of aromatic nitrogens is 2. The van der Waals surface area contributed by atoms with Crippen molar-refractivity contribution in [3.63, 3.8) is 0 Å². The zero-order valence-electron chi connectivity index (χ0n) is 8.21. The predicted molar refractivity (Wildman–Crippen MR) is 60.3 cm³/mol. The number of nitrogens with two attached hydrogens (primary N) is 1. The molecule has 84 valence electrons. The number of H-pyrrole nitrogens is 1. The van der Waals surface area contributed by atoms with Gasteiger partial charge in [-0.3, -0.25) is 4.72 Å². The number of hydrogen-bond donors (Lipinski definition) is 3. The Morgan fingerprint density at radius 1 is 1.31 bits per heavy atom. The lowest BCUT2D eigenvalue weighted by molar-refractivity contribution is 0.601. The first-order valence-corrected chi connectivity index (χ1v) is 5.93. The van der Waals surface area contributed by atoms with Gasteiger partial charge < -0.3 is 10.7 Å². The highest BCUT2D eigenvalue weighted by Gasteiger charge is 2.14. The Morgan fingerprint density at radius 3 is 2.69 bits per heavy atom. The molecule has 0 saturated carbocycles. The molecule has 2 heterocycles. The van der Waals surface area contributed by atoms with Gasteiger partial charge in [-0.15, -0.1) is 0 Å². The number of hydrogen-bond acceptors (Lipinski definition) is 4. The largest absolute Gasteiger partial charge is 0.384 e. The third kappa shape index (κ3) is 2.14. The monoisotopic (exact) mass is 238 g/mol. The average molecular weight is 238 g/mol. The van der Waals surface area contributed by atoms with Gasteiger partial charge in [-0.25, -0.2) is 13.4 Å². The molecule has 0 saturated heterocycles. The van der Waals surface area contributed by atoms with Gasteiger partial charge in [0.2, 0.25) is 0 Å². The van der Waals surface area contributed by atoms with Crippen LogP contribution in [0.25, 0.3) is 0 Å². The van der Waals surface area contributed by atoms with E-state index in [1.807, 2.05) is 0 Å². The molecule has 16 heavy (non-hydrogen) atoms. The van der Waals surface area contributed by atoms with Crippen molar-refractivity contribution < 1.29 is 8.42 Å². The Balaban J connectivity index is 2.25. The lowest BCUT2D eigenvalue weighted by Crippen LogP contribution is -2.12. The molecule has 0 atom stereocenters. The van der Waals surface area contributed by atoms with Crippen LogP contribution in [0.2, 0.25) is 0 Å². The van der Waals surface area contributed by atoms with E-state index in [1.54, 1.807) is 6.07 Å². The first-order chi connectivity index (χ1) is 7.58. The topological polar surface area (TPSA) is 101 Å². The molecule has 0 unspecified atom stereocenters. The molecule has 0 bridgehead atoms. The van der Waals surface area contributed by atoms with Crippen molar-refractivity contribution in [2.75, 3.05) is 10.5 Å². The minimum atomic E-state index is -3.54. The van der Waals surface area contributed by atoms with Crippen LogP contribution in [0.5, 0.6) is 0 Å². The van der Waals surface area contributed by atoms with Gasteiger partial charge in [0.25, 0.3) is 10.0 Å². The molecule has 2 aromatic rings. The second-order valence-corrected chi connectivity index (χ2v) is 4.81. The zero-order chi connectivity index (χ0) is 11.6. The number of pyridine rings is 1. The Labute approximate surface area is 92.6 Å². The van der Waals surface area contributed by atoms with E-state index in [4.69, 9.17) is 5.73 Å². The molecule has 0 aliphatic carbocycles. The second-order valence-electron chi connectivity index (χ2n) is 3.12. The molecule has 7 heteroatoms. The van der Waals surface area contributed by atoms with Gasteiger partial charge >= 0.3 is 0 Å². The number of anilines is 2. The minimum Gasteiger partial charge on any atom is -0.384 e. The lowest BCUT2D eigenvalue weighted by atomic mass is 10.4. The van der Waals surface area contributed by atoms with Gasteiger partial charge in [-0.1, -0.05) is 0 Å². The molecule has 2 rings (SSSR count). The van der Waals surface area contributed by atoms with E-state index < -0.39 is 10.0 Å². The van der Waals surface area contributed by atoms with Crippen LogP contribution in [0, 0.1) is 0 Å². The second kappa shape index (κ2) is 3.86. The molecule has 0 fully saturated rings. The van der Waals surface area contributed by atoms with Gasteiger partial charge in [0, 0.05) is 12.4 Å². The Kier molecular flexibility index (Phi) is 2.53. The molecule has 0 amide bonds. The number of nitrogens with zero attached hydrogens (tertiary/aromatic N) is 1. The van der Waals surface area contributed by atoms with E-state index in [-0.39, 0.29) is 4.90 Å². The fourth-order valence-corrected chi connectivity index (χ4v) is 2.17. The maximum absolute atomic E-state index is 11.8. The van der Waals surface area contributed by atoms with E-state index in [2.05, 4.69) is 14.7 Å². The van der Waals surface area contributed by atoms with Crippen LogP contribution in [0.3, 0.4) is 0 Å². The molecule has 2 aromatic heterocycles. The van der Waals surface area contributed by atoms with E-state index in [9.17, 15) is 8.42 Å². The number of aromatic amines is 1. The zero-order valence-corrected chi connectivity index (χ0v) is 9.03. The molecule has 4 N–H and O–H groups in total. The summed E-state index contributed by atoms with van der Waals surface area (Å²) in [6.45, 7) is 0. The Hall–Kier alpha value is -2.02. The van der Waals surface area contributed by atoms with E-state index >= 15 is 0 Å². The molecule has 0 spiro atoms. The highest BCUT2D eigenvalue weighted by atomic mass is 32.2. The molecule has 0 radical (unpaired) electrons. The first-order valence-electron chi connectivity index (χ1n) is 4.45. The first kappa shape index (κ1) is 10.5. The molecule has 6 nitrogen and oxygen atoms in total. The summed E-state index contributed by atoms with van der Waals surface area (Å²) in [7, 11) is -3.54. The predicted octanol–water partition coefficient (Wildman–Crippen LogP) is 0.793. The van der Waals surface area contributed by atoms with Crippen molar-refractivity contribution in [2.24, 2.45) is 0 Å². The number of nitrogen functional groups attached to an aromatic ring is 1. The number of sulfonamides is 1. The fourth-order valence-electron chi connectivity index (χ4n) is 1.16. The third-order valence-corrected chi connectivity index (χ3v) is 3.30. The highest BCUT2D eigenvalue weighted by molar-refractivity contribution is 7.92. The maximum atomic E-state index is 11.8. The number of rotatable bonds is 3. The van der Waals surface area contributed by atoms with Crippen molar-refractivity contribution in [2.45, 2.75) is 4.90 Å². The van der Waals surface area contributed by atoms with Crippen LogP contribution < -0.4 is 10.5 Å². The quantitative estimate of drug-likeness (QED) is 0.735. The SMILES string of the molecule is Nc1ccc(NS(=O)(=O)c2cc[nH]c2)cn1. The van der Waals surface area contributed by atoms with Crippen molar-refractivity contribution in [3.8, 4) is 0 Å². The molecule has 0 aliphatic heterocycles. The van der Waals surface area contributed by atoms with Crippen LogP contribution in [0.4, 0.5) is 11.5 Å². The average Bonchev–Trinajstić information content (AvgIpc) is 2.75. The molecular weight excluding hydrogens is 228 g/mol. The summed E-state index contributed by atoms with van der Waals surface area (Å²) in [4.78, 5) is 6.63. The van der Waals surface area contributed by atoms with Gasteiger partial charge in [-0.05, 0) is 18.2 Å². The maximum Gasteiger partial charge on any atom is 0.263 e. The van der Waals surface area contributed by atoms with E-state index in [0.29, 0.717) is 11.5 Å². The number of nitrogens with one attached hydrogen (secondary N) is 2. The lowest BCUT2D eigenvalue weighted by Gasteiger charge is -2.05.